The standard InChI is InChI=1S/C25H33FN2O2S/c1-17(2)13-27-25(30)20(5)28(14-21-6-8-23(26)9-7-21)24(29)16-31-15-22-11-18(3)10-19(4)12-22/h6-12,17,20H,13-16H2,1-5H3,(H,27,30). The van der Waals surface area contributed by atoms with E-state index in [-0.39, 0.29) is 29.9 Å². The number of rotatable bonds is 10. The first-order chi connectivity index (χ1) is 14.7. The fourth-order valence-corrected chi connectivity index (χ4v) is 4.16. The number of nitrogens with one attached hydrogen (secondary N) is 1. The molecule has 31 heavy (non-hydrogen) atoms. The van der Waals surface area contributed by atoms with Crippen LogP contribution in [0.2, 0.25) is 0 Å². The van der Waals surface area contributed by atoms with Crippen LogP contribution in [0.4, 0.5) is 4.39 Å². The molecule has 0 heterocycles. The van der Waals surface area contributed by atoms with E-state index in [0.29, 0.717) is 12.5 Å². The predicted octanol–water partition coefficient (Wildman–Crippen LogP) is 4.87. The van der Waals surface area contributed by atoms with E-state index in [2.05, 4.69) is 37.4 Å². The lowest BCUT2D eigenvalue weighted by Gasteiger charge is -2.29. The molecule has 0 radical (unpaired) electrons. The van der Waals surface area contributed by atoms with Crippen molar-refractivity contribution >= 4 is 23.6 Å². The molecule has 0 saturated carbocycles. The van der Waals surface area contributed by atoms with Crippen LogP contribution in [-0.2, 0) is 21.9 Å². The van der Waals surface area contributed by atoms with E-state index < -0.39 is 6.04 Å². The minimum Gasteiger partial charge on any atom is -0.354 e. The second-order valence-electron chi connectivity index (χ2n) is 8.45. The van der Waals surface area contributed by atoms with Gasteiger partial charge in [0.1, 0.15) is 11.9 Å². The highest BCUT2D eigenvalue weighted by Crippen LogP contribution is 2.18. The van der Waals surface area contributed by atoms with E-state index in [1.165, 1.54) is 40.6 Å². The Hall–Kier alpha value is -2.34. The Labute approximate surface area is 189 Å². The van der Waals surface area contributed by atoms with Crippen molar-refractivity contribution in [3.8, 4) is 0 Å². The van der Waals surface area contributed by atoms with Crippen molar-refractivity contribution < 1.29 is 14.0 Å². The minimum absolute atomic E-state index is 0.106. The van der Waals surface area contributed by atoms with Gasteiger partial charge < -0.3 is 10.2 Å². The molecule has 1 N–H and O–H groups in total. The summed E-state index contributed by atoms with van der Waals surface area (Å²) in [5.41, 5.74) is 4.38. The van der Waals surface area contributed by atoms with Gasteiger partial charge in [-0.25, -0.2) is 4.39 Å². The highest BCUT2D eigenvalue weighted by molar-refractivity contribution is 7.99. The van der Waals surface area contributed by atoms with E-state index >= 15 is 0 Å². The van der Waals surface area contributed by atoms with Crippen molar-refractivity contribution in [3.05, 3.63) is 70.5 Å². The van der Waals surface area contributed by atoms with Crippen LogP contribution in [0.5, 0.6) is 0 Å². The molecule has 0 aliphatic carbocycles. The Morgan fingerprint density at radius 2 is 1.61 bits per heavy atom. The molecule has 0 aliphatic heterocycles. The van der Waals surface area contributed by atoms with Gasteiger partial charge in [-0.1, -0.05) is 55.3 Å². The largest absolute Gasteiger partial charge is 0.354 e. The molecule has 4 nitrogen and oxygen atoms in total. The summed E-state index contributed by atoms with van der Waals surface area (Å²) in [5.74, 6) is 0.719. The molecule has 0 aliphatic rings. The molecule has 1 atom stereocenters. The third-order valence-electron chi connectivity index (χ3n) is 4.89. The number of carbonyl (C=O) groups excluding carboxylic acids is 2. The van der Waals surface area contributed by atoms with Crippen LogP contribution in [0.25, 0.3) is 0 Å². The molecule has 0 aromatic heterocycles. The van der Waals surface area contributed by atoms with E-state index in [0.717, 1.165) is 11.3 Å². The smallest absolute Gasteiger partial charge is 0.242 e. The molecule has 0 spiro atoms. The average Bonchev–Trinajstić information content (AvgIpc) is 2.70. The summed E-state index contributed by atoms with van der Waals surface area (Å²) in [6, 6.07) is 11.8. The van der Waals surface area contributed by atoms with Crippen LogP contribution in [0.15, 0.2) is 42.5 Å². The van der Waals surface area contributed by atoms with E-state index in [1.807, 2.05) is 13.8 Å². The van der Waals surface area contributed by atoms with E-state index in [4.69, 9.17) is 0 Å². The number of hydrogen-bond donors (Lipinski definition) is 1. The highest BCUT2D eigenvalue weighted by atomic mass is 32.2. The summed E-state index contributed by atoms with van der Waals surface area (Å²) >= 11 is 1.54. The van der Waals surface area contributed by atoms with Crippen LogP contribution in [0.3, 0.4) is 0 Å². The fourth-order valence-electron chi connectivity index (χ4n) is 3.31. The lowest BCUT2D eigenvalue weighted by Crippen LogP contribution is -2.48. The number of aryl methyl sites for hydroxylation is 2. The van der Waals surface area contributed by atoms with Crippen LogP contribution in [0, 0.1) is 25.6 Å². The van der Waals surface area contributed by atoms with Crippen molar-refractivity contribution in [2.75, 3.05) is 12.3 Å². The minimum atomic E-state index is -0.613. The van der Waals surface area contributed by atoms with E-state index in [1.54, 1.807) is 24.0 Å². The first kappa shape index (κ1) is 24.9. The Morgan fingerprint density at radius 3 is 2.19 bits per heavy atom. The SMILES string of the molecule is Cc1cc(C)cc(CSCC(=O)N(Cc2ccc(F)cc2)C(C)C(=O)NCC(C)C)c1. The zero-order valence-corrected chi connectivity index (χ0v) is 19.9. The number of halogens is 1. The molecule has 168 valence electrons. The lowest BCUT2D eigenvalue weighted by molar-refractivity contribution is -0.138. The van der Waals surface area contributed by atoms with Crippen molar-refractivity contribution in [1.82, 2.24) is 10.2 Å². The van der Waals surface area contributed by atoms with Gasteiger partial charge in [-0.3, -0.25) is 9.59 Å². The highest BCUT2D eigenvalue weighted by Gasteiger charge is 2.26. The molecule has 2 aromatic carbocycles. The molecule has 0 saturated heterocycles. The number of amides is 2. The van der Waals surface area contributed by atoms with Gasteiger partial charge in [0.05, 0.1) is 5.75 Å². The molecular weight excluding hydrogens is 411 g/mol. The molecule has 2 amide bonds. The quantitative estimate of drug-likeness (QED) is 0.569. The van der Waals surface area contributed by atoms with Crippen molar-refractivity contribution in [2.24, 2.45) is 5.92 Å². The first-order valence-electron chi connectivity index (χ1n) is 10.6. The maximum absolute atomic E-state index is 13.3. The lowest BCUT2D eigenvalue weighted by atomic mass is 10.1. The number of nitrogens with zero attached hydrogens (tertiary/aromatic N) is 1. The number of carbonyl (C=O) groups is 2. The zero-order valence-electron chi connectivity index (χ0n) is 19.1. The summed E-state index contributed by atoms with van der Waals surface area (Å²) in [5, 5.41) is 2.91. The van der Waals surface area contributed by atoms with Gasteiger partial charge in [-0.05, 0) is 49.9 Å². The molecule has 0 fully saturated rings. The Bertz CT molecular complexity index is 863. The van der Waals surface area contributed by atoms with Crippen molar-refractivity contribution in [2.45, 2.75) is 53.0 Å². The van der Waals surface area contributed by atoms with Crippen LogP contribution in [-0.4, -0.2) is 35.1 Å². The van der Waals surface area contributed by atoms with Gasteiger partial charge >= 0.3 is 0 Å². The van der Waals surface area contributed by atoms with Crippen LogP contribution in [0.1, 0.15) is 43.0 Å². The van der Waals surface area contributed by atoms with E-state index in [9.17, 15) is 14.0 Å². The second kappa shape index (κ2) is 11.9. The van der Waals surface area contributed by atoms with Gasteiger partial charge in [-0.15, -0.1) is 11.8 Å². The molecular formula is C25H33FN2O2S. The van der Waals surface area contributed by atoms with Gasteiger partial charge in [0.15, 0.2) is 0 Å². The normalized spacial score (nSPS) is 12.0. The van der Waals surface area contributed by atoms with Crippen molar-refractivity contribution in [3.63, 3.8) is 0 Å². The Morgan fingerprint density at radius 1 is 1.00 bits per heavy atom. The summed E-state index contributed by atoms with van der Waals surface area (Å²) in [6.07, 6.45) is 0. The summed E-state index contributed by atoms with van der Waals surface area (Å²) < 4.78 is 13.3. The number of hydrogen-bond acceptors (Lipinski definition) is 3. The van der Waals surface area contributed by atoms with Gasteiger partial charge in [0, 0.05) is 18.8 Å². The maximum Gasteiger partial charge on any atom is 0.242 e. The number of benzene rings is 2. The summed E-state index contributed by atoms with van der Waals surface area (Å²) in [4.78, 5) is 27.3. The summed E-state index contributed by atoms with van der Waals surface area (Å²) in [6.45, 7) is 10.7. The molecule has 6 heteroatoms. The topological polar surface area (TPSA) is 49.4 Å². The fraction of sp³-hybridized carbons (Fsp3) is 0.440. The monoisotopic (exact) mass is 444 g/mol. The molecule has 1 unspecified atom stereocenters. The van der Waals surface area contributed by atoms with Crippen LogP contribution < -0.4 is 5.32 Å². The third-order valence-corrected chi connectivity index (χ3v) is 5.88. The zero-order chi connectivity index (χ0) is 23.0. The molecule has 0 bridgehead atoms. The molecule has 2 aromatic rings. The van der Waals surface area contributed by atoms with Crippen molar-refractivity contribution in [1.29, 1.82) is 0 Å². The summed E-state index contributed by atoms with van der Waals surface area (Å²) in [7, 11) is 0. The Balaban J connectivity index is 2.06. The number of thioether (sulfide) groups is 1. The second-order valence-corrected chi connectivity index (χ2v) is 9.44. The van der Waals surface area contributed by atoms with Gasteiger partial charge in [0.2, 0.25) is 11.8 Å². The van der Waals surface area contributed by atoms with Crippen LogP contribution >= 0.6 is 11.8 Å². The first-order valence-corrected chi connectivity index (χ1v) is 11.8. The molecule has 2 rings (SSSR count). The van der Waals surface area contributed by atoms with Gasteiger partial charge in [-0.2, -0.15) is 0 Å². The predicted molar refractivity (Wildman–Crippen MR) is 126 cm³/mol. The van der Waals surface area contributed by atoms with Gasteiger partial charge in [0.25, 0.3) is 0 Å². The third kappa shape index (κ3) is 8.37. The Kier molecular flexibility index (Phi) is 9.56. The average molecular weight is 445 g/mol. The maximum atomic E-state index is 13.3.